The molecule has 0 aliphatic carbocycles. The summed E-state index contributed by atoms with van der Waals surface area (Å²) in [6.45, 7) is 0.669. The highest BCUT2D eigenvalue weighted by Crippen LogP contribution is 2.44. The summed E-state index contributed by atoms with van der Waals surface area (Å²) in [6.07, 6.45) is 0. The Bertz CT molecular complexity index is 364. The fraction of sp³-hybridized carbons (Fsp3) is 0.333. The van der Waals surface area contributed by atoms with E-state index in [1.54, 1.807) is 6.07 Å². The lowest BCUT2D eigenvalue weighted by Crippen LogP contribution is -2.11. The maximum absolute atomic E-state index is 9.66. The Morgan fingerprint density at radius 1 is 1.57 bits per heavy atom. The number of hydrogen-bond donors (Lipinski definition) is 1. The van der Waals surface area contributed by atoms with Gasteiger partial charge >= 0.3 is 0 Å². The van der Waals surface area contributed by atoms with Crippen molar-refractivity contribution >= 4 is 15.9 Å². The van der Waals surface area contributed by atoms with Crippen molar-refractivity contribution in [1.29, 1.82) is 0 Å². The lowest BCUT2D eigenvalue weighted by atomic mass is 10.2. The Kier molecular flexibility index (Phi) is 2.52. The van der Waals surface area contributed by atoms with Gasteiger partial charge in [-0.1, -0.05) is 0 Å². The maximum Gasteiger partial charge on any atom is 0.189 e. The fourth-order valence-corrected chi connectivity index (χ4v) is 1.88. The molecule has 1 aliphatic rings. The molecular weight excluding hydrogens is 252 g/mol. The van der Waals surface area contributed by atoms with Crippen LogP contribution in [0.3, 0.4) is 0 Å². The van der Waals surface area contributed by atoms with Crippen LogP contribution >= 0.6 is 15.9 Å². The van der Waals surface area contributed by atoms with Gasteiger partial charge in [0.15, 0.2) is 18.3 Å². The summed E-state index contributed by atoms with van der Waals surface area (Å²) in [5, 5.41) is 9.66. The molecule has 1 aromatic carbocycles. The molecule has 1 N–H and O–H groups in total. The van der Waals surface area contributed by atoms with Crippen LogP contribution in [-0.4, -0.2) is 19.0 Å². The third-order valence-electron chi connectivity index (χ3n) is 2.00. The minimum Gasteiger partial charge on any atom is -0.503 e. The Hall–Kier alpha value is -0.940. The standard InChI is InChI=1S/C9H9BrO4/c1-12-6-2-5-3-13-4-14-9(5)7(10)8(6)11/h2,11H,3-4H2,1H3. The van der Waals surface area contributed by atoms with Gasteiger partial charge < -0.3 is 19.3 Å². The smallest absolute Gasteiger partial charge is 0.189 e. The number of halogens is 1. The van der Waals surface area contributed by atoms with E-state index in [0.717, 1.165) is 5.56 Å². The van der Waals surface area contributed by atoms with Gasteiger partial charge in [0.1, 0.15) is 10.2 Å². The molecule has 0 aromatic heterocycles. The largest absolute Gasteiger partial charge is 0.503 e. The van der Waals surface area contributed by atoms with Gasteiger partial charge in [-0.2, -0.15) is 0 Å². The second-order valence-electron chi connectivity index (χ2n) is 2.84. The van der Waals surface area contributed by atoms with Crippen LogP contribution in [-0.2, 0) is 11.3 Å². The van der Waals surface area contributed by atoms with Gasteiger partial charge in [-0.3, -0.25) is 0 Å². The number of benzene rings is 1. The van der Waals surface area contributed by atoms with E-state index in [9.17, 15) is 5.11 Å². The molecule has 76 valence electrons. The molecule has 0 bridgehead atoms. The van der Waals surface area contributed by atoms with Crippen molar-refractivity contribution in [2.45, 2.75) is 6.61 Å². The number of ether oxygens (including phenoxy) is 3. The number of aromatic hydroxyl groups is 1. The van der Waals surface area contributed by atoms with Gasteiger partial charge in [-0.05, 0) is 22.0 Å². The predicted molar refractivity (Wildman–Crippen MR) is 52.6 cm³/mol. The van der Waals surface area contributed by atoms with E-state index in [0.29, 0.717) is 22.6 Å². The summed E-state index contributed by atoms with van der Waals surface area (Å²) in [5.74, 6) is 1.08. The van der Waals surface area contributed by atoms with Crippen LogP contribution < -0.4 is 9.47 Å². The van der Waals surface area contributed by atoms with Crippen molar-refractivity contribution in [1.82, 2.24) is 0 Å². The van der Waals surface area contributed by atoms with Crippen LogP contribution in [0.2, 0.25) is 0 Å². The number of hydrogen-bond acceptors (Lipinski definition) is 4. The molecule has 0 amide bonds. The third-order valence-corrected chi connectivity index (χ3v) is 2.74. The normalized spacial score (nSPS) is 14.4. The van der Waals surface area contributed by atoms with Gasteiger partial charge in [0, 0.05) is 5.56 Å². The zero-order chi connectivity index (χ0) is 10.1. The van der Waals surface area contributed by atoms with Crippen molar-refractivity contribution in [2.75, 3.05) is 13.9 Å². The highest BCUT2D eigenvalue weighted by atomic mass is 79.9. The van der Waals surface area contributed by atoms with Crippen molar-refractivity contribution in [3.63, 3.8) is 0 Å². The Morgan fingerprint density at radius 3 is 3.07 bits per heavy atom. The quantitative estimate of drug-likeness (QED) is 0.840. The summed E-state index contributed by atoms with van der Waals surface area (Å²) in [4.78, 5) is 0. The van der Waals surface area contributed by atoms with Crippen LogP contribution in [0.5, 0.6) is 17.2 Å². The highest BCUT2D eigenvalue weighted by Gasteiger charge is 2.20. The minimum absolute atomic E-state index is 0.0492. The summed E-state index contributed by atoms with van der Waals surface area (Å²) >= 11 is 3.25. The average molecular weight is 261 g/mol. The van der Waals surface area contributed by atoms with Gasteiger partial charge in [0.2, 0.25) is 0 Å². The Labute approximate surface area is 89.5 Å². The van der Waals surface area contributed by atoms with Gasteiger partial charge in [0.05, 0.1) is 13.7 Å². The first-order valence-electron chi connectivity index (χ1n) is 4.03. The molecule has 0 spiro atoms. The van der Waals surface area contributed by atoms with Crippen LogP contribution in [0.15, 0.2) is 10.5 Å². The van der Waals surface area contributed by atoms with Crippen LogP contribution in [0.1, 0.15) is 5.56 Å². The van der Waals surface area contributed by atoms with Crippen molar-refractivity contribution in [3.8, 4) is 17.2 Å². The molecule has 14 heavy (non-hydrogen) atoms. The number of fused-ring (bicyclic) bond motifs is 1. The van der Waals surface area contributed by atoms with E-state index >= 15 is 0 Å². The van der Waals surface area contributed by atoms with Crippen LogP contribution in [0, 0.1) is 0 Å². The van der Waals surface area contributed by atoms with Gasteiger partial charge in [0.25, 0.3) is 0 Å². The fourth-order valence-electron chi connectivity index (χ4n) is 1.32. The molecule has 1 aromatic rings. The SMILES string of the molecule is COc1cc2c(c(Br)c1O)OCOC2. The van der Waals surface area contributed by atoms with E-state index < -0.39 is 0 Å². The maximum atomic E-state index is 9.66. The predicted octanol–water partition coefficient (Wildman–Crippen LogP) is 2.03. The molecule has 5 heteroatoms. The molecule has 0 atom stereocenters. The van der Waals surface area contributed by atoms with Crippen molar-refractivity contribution in [2.24, 2.45) is 0 Å². The zero-order valence-electron chi connectivity index (χ0n) is 7.54. The lowest BCUT2D eigenvalue weighted by molar-refractivity contribution is -0.0172. The van der Waals surface area contributed by atoms with Crippen molar-refractivity contribution in [3.05, 3.63) is 16.1 Å². The summed E-state index contributed by atoms with van der Waals surface area (Å²) in [6, 6.07) is 1.70. The first kappa shape index (κ1) is 9.61. The monoisotopic (exact) mass is 260 g/mol. The molecule has 0 saturated carbocycles. The Balaban J connectivity index is 2.57. The van der Waals surface area contributed by atoms with Crippen LogP contribution in [0.4, 0.5) is 0 Å². The van der Waals surface area contributed by atoms with Gasteiger partial charge in [-0.15, -0.1) is 0 Å². The molecule has 0 radical (unpaired) electrons. The first-order chi connectivity index (χ1) is 6.74. The number of phenolic OH excluding ortho intramolecular Hbond substituents is 1. The molecule has 4 nitrogen and oxygen atoms in total. The number of rotatable bonds is 1. The molecule has 1 heterocycles. The molecule has 0 fully saturated rings. The van der Waals surface area contributed by atoms with Gasteiger partial charge in [-0.25, -0.2) is 0 Å². The summed E-state index contributed by atoms with van der Waals surface area (Å²) in [7, 11) is 1.50. The average Bonchev–Trinajstić information content (AvgIpc) is 2.23. The second-order valence-corrected chi connectivity index (χ2v) is 3.63. The molecule has 0 saturated heterocycles. The third kappa shape index (κ3) is 1.42. The second kappa shape index (κ2) is 3.67. The highest BCUT2D eigenvalue weighted by molar-refractivity contribution is 9.10. The zero-order valence-corrected chi connectivity index (χ0v) is 9.13. The van der Waals surface area contributed by atoms with E-state index in [2.05, 4.69) is 15.9 Å². The topological polar surface area (TPSA) is 47.9 Å². The van der Waals surface area contributed by atoms with E-state index in [4.69, 9.17) is 14.2 Å². The van der Waals surface area contributed by atoms with Crippen LogP contribution in [0.25, 0.3) is 0 Å². The van der Waals surface area contributed by atoms with E-state index in [-0.39, 0.29) is 12.5 Å². The lowest BCUT2D eigenvalue weighted by Gasteiger charge is -2.20. The molecular formula is C9H9BrO4. The molecule has 2 rings (SSSR count). The number of methoxy groups -OCH3 is 1. The summed E-state index contributed by atoms with van der Waals surface area (Å²) in [5.41, 5.74) is 0.859. The molecule has 1 aliphatic heterocycles. The van der Waals surface area contributed by atoms with Crippen molar-refractivity contribution < 1.29 is 19.3 Å². The Morgan fingerprint density at radius 2 is 2.36 bits per heavy atom. The molecule has 0 unspecified atom stereocenters. The van der Waals surface area contributed by atoms with E-state index in [1.165, 1.54) is 7.11 Å². The minimum atomic E-state index is 0.0492. The van der Waals surface area contributed by atoms with E-state index in [1.807, 2.05) is 0 Å². The number of phenols is 1. The summed E-state index contributed by atoms with van der Waals surface area (Å²) < 4.78 is 15.9. The first-order valence-corrected chi connectivity index (χ1v) is 4.82.